The summed E-state index contributed by atoms with van der Waals surface area (Å²) in [5.41, 5.74) is 4.66. The van der Waals surface area contributed by atoms with Gasteiger partial charge in [0, 0.05) is 49.1 Å². The predicted molar refractivity (Wildman–Crippen MR) is 142 cm³/mol. The van der Waals surface area contributed by atoms with E-state index in [4.69, 9.17) is 26.6 Å². The van der Waals surface area contributed by atoms with Crippen molar-refractivity contribution in [1.29, 1.82) is 0 Å². The highest BCUT2D eigenvalue weighted by atomic mass is 35.5. The molecular formula is C25H20ClF2N4O7P. The summed E-state index contributed by atoms with van der Waals surface area (Å²) in [6.07, 6.45) is 3.66. The molecule has 2 aromatic heterocycles. The molecule has 1 atom stereocenters. The van der Waals surface area contributed by atoms with Crippen LogP contribution in [0.4, 0.5) is 20.3 Å². The number of phosphoric acid groups is 1. The van der Waals surface area contributed by atoms with Crippen LogP contribution in [0.25, 0.3) is 11.1 Å². The van der Waals surface area contributed by atoms with Crippen LogP contribution in [-0.4, -0.2) is 27.5 Å². The second kappa shape index (κ2) is 11.9. The van der Waals surface area contributed by atoms with Gasteiger partial charge in [-0.25, -0.2) is 18.3 Å². The molecule has 1 amide bonds. The topological polar surface area (TPSA) is 155 Å². The number of carbonyl (C=O) groups is 1. The minimum Gasteiger partial charge on any atom is -0.453 e. The second-order valence-corrected chi connectivity index (χ2v) is 9.99. The number of nitrogens with two attached hydrogens (primary N) is 1. The van der Waals surface area contributed by atoms with Crippen molar-refractivity contribution in [2.75, 3.05) is 18.2 Å². The maximum atomic E-state index is 14.8. The number of nitrogens with zero attached hydrogens (tertiary/aromatic N) is 2. The molecule has 0 saturated carbocycles. The Bertz CT molecular complexity index is 1690. The van der Waals surface area contributed by atoms with E-state index in [9.17, 15) is 27.8 Å². The minimum absolute atomic E-state index is 0.00796. The maximum Gasteiger partial charge on any atom is 0.473 e. The molecule has 4 aromatic rings. The number of rotatable bonds is 9. The Balaban J connectivity index is 1.64. The van der Waals surface area contributed by atoms with Gasteiger partial charge >= 0.3 is 7.82 Å². The summed E-state index contributed by atoms with van der Waals surface area (Å²) in [6.45, 7) is -0.584. The lowest BCUT2D eigenvalue weighted by molar-refractivity contribution is 0.102. The van der Waals surface area contributed by atoms with E-state index < -0.39 is 43.1 Å². The summed E-state index contributed by atoms with van der Waals surface area (Å²) in [4.78, 5) is 39.7. The van der Waals surface area contributed by atoms with Crippen molar-refractivity contribution in [2.24, 2.45) is 0 Å². The third-order valence-corrected chi connectivity index (χ3v) is 6.65. The summed E-state index contributed by atoms with van der Waals surface area (Å²) in [7, 11) is -3.44. The Morgan fingerprint density at radius 2 is 1.88 bits per heavy atom. The Hall–Kier alpha value is -4.13. The molecule has 40 heavy (non-hydrogen) atoms. The first-order valence-corrected chi connectivity index (χ1v) is 13.1. The zero-order valence-corrected chi connectivity index (χ0v) is 22.2. The quantitative estimate of drug-likeness (QED) is 0.223. The Morgan fingerprint density at radius 1 is 1.15 bits per heavy atom. The van der Waals surface area contributed by atoms with Crippen molar-refractivity contribution in [1.82, 2.24) is 9.55 Å². The molecule has 0 spiro atoms. The average molecular weight is 593 g/mol. The van der Waals surface area contributed by atoms with Crippen LogP contribution in [0, 0.1) is 11.6 Å². The summed E-state index contributed by atoms with van der Waals surface area (Å²) in [6, 6.07) is 9.77. The smallest absolute Gasteiger partial charge is 0.453 e. The molecule has 2 heterocycles. The first kappa shape index (κ1) is 28.9. The van der Waals surface area contributed by atoms with Crippen LogP contribution in [0.1, 0.15) is 10.4 Å². The average Bonchev–Trinajstić information content (AvgIpc) is 2.92. The van der Waals surface area contributed by atoms with Crippen LogP contribution in [0.2, 0.25) is 5.02 Å². The van der Waals surface area contributed by atoms with Gasteiger partial charge < -0.3 is 25.2 Å². The third-order valence-electron chi connectivity index (χ3n) is 5.37. The number of aromatic nitrogens is 2. The van der Waals surface area contributed by atoms with Gasteiger partial charge in [-0.1, -0.05) is 23.7 Å². The fourth-order valence-corrected chi connectivity index (χ4v) is 3.93. The number of nitrogens with one attached hydrogen (secondary N) is 1. The van der Waals surface area contributed by atoms with E-state index in [-0.39, 0.29) is 39.2 Å². The molecule has 0 bridgehead atoms. The lowest BCUT2D eigenvalue weighted by Crippen LogP contribution is -2.25. The van der Waals surface area contributed by atoms with E-state index in [1.54, 1.807) is 0 Å². The van der Waals surface area contributed by atoms with E-state index in [0.717, 1.165) is 36.1 Å². The molecule has 0 fully saturated rings. The van der Waals surface area contributed by atoms with E-state index in [0.29, 0.717) is 0 Å². The number of nitrogen functional groups attached to an aromatic ring is 1. The van der Waals surface area contributed by atoms with E-state index in [1.807, 2.05) is 0 Å². The first-order valence-electron chi connectivity index (χ1n) is 11.2. The fraction of sp³-hybridized carbons (Fsp3) is 0.0800. The standard InChI is InChI=1S/C25H20ClF2N4O7P/c1-37-40(35,36)38-13-32-11-17(14-2-4-15(27)5-3-14)23(33)18(12-32)25(34)31-16-6-7-20(19(28)10-16)39-21-8-9-30-24(29)22(21)26/h2-12H,13H2,1H3,(H2,29,30)(H,31,34)(H,35,36). The number of ether oxygens (including phenoxy) is 1. The molecule has 2 aromatic carbocycles. The third kappa shape index (κ3) is 6.71. The number of hydrogen-bond donors (Lipinski definition) is 3. The molecule has 0 saturated heterocycles. The largest absolute Gasteiger partial charge is 0.473 e. The van der Waals surface area contributed by atoms with Gasteiger partial charge in [0.15, 0.2) is 17.3 Å². The lowest BCUT2D eigenvalue weighted by Gasteiger charge is -2.15. The van der Waals surface area contributed by atoms with Crippen LogP contribution in [-0.2, 0) is 20.3 Å². The highest BCUT2D eigenvalue weighted by Gasteiger charge is 2.21. The zero-order chi connectivity index (χ0) is 29.0. The van der Waals surface area contributed by atoms with E-state index in [1.165, 1.54) is 42.7 Å². The number of pyridine rings is 2. The molecule has 1 unspecified atom stereocenters. The van der Waals surface area contributed by atoms with Gasteiger partial charge in [-0.05, 0) is 29.8 Å². The number of amides is 1. The Morgan fingerprint density at radius 3 is 2.55 bits per heavy atom. The Kier molecular flexibility index (Phi) is 8.62. The van der Waals surface area contributed by atoms with Gasteiger partial charge in [0.1, 0.15) is 29.0 Å². The SMILES string of the molecule is COP(=O)(O)OCn1cc(C(=O)Nc2ccc(Oc3ccnc(N)c3Cl)c(F)c2)c(=O)c(-c2ccc(F)cc2)c1. The van der Waals surface area contributed by atoms with Crippen molar-refractivity contribution in [3.8, 4) is 22.6 Å². The van der Waals surface area contributed by atoms with Gasteiger partial charge in [-0.2, -0.15) is 0 Å². The van der Waals surface area contributed by atoms with Crippen molar-refractivity contribution < 1.29 is 36.8 Å². The minimum atomic E-state index is -4.40. The van der Waals surface area contributed by atoms with E-state index in [2.05, 4.69) is 14.8 Å². The van der Waals surface area contributed by atoms with Gasteiger partial charge in [-0.15, -0.1) is 0 Å². The van der Waals surface area contributed by atoms with Gasteiger partial charge in [-0.3, -0.25) is 18.6 Å². The van der Waals surface area contributed by atoms with Crippen LogP contribution >= 0.6 is 19.4 Å². The molecule has 4 N–H and O–H groups in total. The lowest BCUT2D eigenvalue weighted by atomic mass is 10.0. The van der Waals surface area contributed by atoms with Crippen molar-refractivity contribution in [3.05, 3.63) is 99.6 Å². The predicted octanol–water partition coefficient (Wildman–Crippen LogP) is 5.19. The molecule has 11 nitrogen and oxygen atoms in total. The number of anilines is 2. The normalized spacial score (nSPS) is 12.5. The van der Waals surface area contributed by atoms with Crippen LogP contribution in [0.3, 0.4) is 0 Å². The van der Waals surface area contributed by atoms with E-state index >= 15 is 0 Å². The molecule has 0 aliphatic rings. The molecule has 0 aliphatic heterocycles. The molecular weight excluding hydrogens is 573 g/mol. The summed E-state index contributed by atoms with van der Waals surface area (Å²) in [5, 5.41) is 2.41. The molecule has 0 aliphatic carbocycles. The maximum absolute atomic E-state index is 14.8. The first-order chi connectivity index (χ1) is 19.0. The molecule has 208 valence electrons. The number of hydrogen-bond acceptors (Lipinski definition) is 8. The number of halogens is 3. The monoisotopic (exact) mass is 592 g/mol. The van der Waals surface area contributed by atoms with Gasteiger partial charge in [0.2, 0.25) is 5.43 Å². The molecule has 15 heteroatoms. The molecule has 4 rings (SSSR count). The highest BCUT2D eigenvalue weighted by molar-refractivity contribution is 7.47. The number of benzene rings is 2. The number of carbonyl (C=O) groups excluding carboxylic acids is 1. The fourth-order valence-electron chi connectivity index (χ4n) is 3.39. The zero-order valence-electron chi connectivity index (χ0n) is 20.5. The summed E-state index contributed by atoms with van der Waals surface area (Å²) < 4.78 is 55.8. The van der Waals surface area contributed by atoms with Gasteiger partial charge in [0.25, 0.3) is 5.91 Å². The highest BCUT2D eigenvalue weighted by Crippen LogP contribution is 2.42. The molecule has 0 radical (unpaired) electrons. The van der Waals surface area contributed by atoms with Crippen LogP contribution in [0.5, 0.6) is 11.5 Å². The number of phosphoric ester groups is 1. The van der Waals surface area contributed by atoms with Crippen LogP contribution < -0.4 is 21.2 Å². The Labute approximate surface area is 230 Å². The summed E-state index contributed by atoms with van der Waals surface area (Å²) >= 11 is 6.02. The van der Waals surface area contributed by atoms with Gasteiger partial charge in [0.05, 0.1) is 0 Å². The van der Waals surface area contributed by atoms with Crippen molar-refractivity contribution in [3.63, 3.8) is 0 Å². The summed E-state index contributed by atoms with van der Waals surface area (Å²) in [5.74, 6) is -2.52. The van der Waals surface area contributed by atoms with Crippen molar-refractivity contribution in [2.45, 2.75) is 6.73 Å². The van der Waals surface area contributed by atoms with Crippen molar-refractivity contribution >= 4 is 36.8 Å². The second-order valence-electron chi connectivity index (χ2n) is 8.05. The van der Waals surface area contributed by atoms with Crippen LogP contribution in [0.15, 0.2) is 71.9 Å².